The van der Waals surface area contributed by atoms with Crippen molar-refractivity contribution in [3.63, 3.8) is 0 Å². The van der Waals surface area contributed by atoms with Crippen molar-refractivity contribution in [2.45, 2.75) is 19.3 Å². The molecule has 118 valence electrons. The summed E-state index contributed by atoms with van der Waals surface area (Å²) >= 11 is 0. The largest absolute Gasteiger partial charge is 0.480 e. The molecule has 0 aromatic carbocycles. The Morgan fingerprint density at radius 1 is 1.14 bits per heavy atom. The third-order valence-corrected chi connectivity index (χ3v) is 2.18. The van der Waals surface area contributed by atoms with E-state index in [2.05, 4.69) is 25.5 Å². The minimum Gasteiger partial charge on any atom is -0.480 e. The molecule has 2 heterocycles. The predicted molar refractivity (Wildman–Crippen MR) is 61.3 cm³/mol. The van der Waals surface area contributed by atoms with Gasteiger partial charge in [0.1, 0.15) is 25.7 Å². The average molecular weight is 319 g/mol. The van der Waals surface area contributed by atoms with Crippen molar-refractivity contribution in [1.82, 2.24) is 29.5 Å². The molecule has 0 aliphatic heterocycles. The molecule has 0 saturated carbocycles. The molecule has 0 fully saturated rings. The van der Waals surface area contributed by atoms with E-state index in [4.69, 9.17) is 5.11 Å². The number of hydrogen-bond acceptors (Lipinski definition) is 6. The van der Waals surface area contributed by atoms with E-state index in [9.17, 15) is 22.8 Å². The lowest BCUT2D eigenvalue weighted by Crippen LogP contribution is -2.20. The summed E-state index contributed by atoms with van der Waals surface area (Å²) in [6.45, 7) is -0.975. The Balaban J connectivity index is 1.94. The van der Waals surface area contributed by atoms with E-state index in [0.717, 1.165) is 17.3 Å². The summed E-state index contributed by atoms with van der Waals surface area (Å²) in [5, 5.41) is 17.5. The fraction of sp³-hybridized carbons (Fsp3) is 0.333. The Morgan fingerprint density at radius 3 is 2.36 bits per heavy atom. The number of aromatic nitrogens is 6. The van der Waals surface area contributed by atoms with Gasteiger partial charge in [-0.05, 0) is 0 Å². The summed E-state index contributed by atoms with van der Waals surface area (Å²) in [6, 6.07) is 0. The molecule has 0 saturated heterocycles. The normalized spacial score (nSPS) is 11.4. The van der Waals surface area contributed by atoms with Gasteiger partial charge in [0.2, 0.25) is 11.9 Å². The van der Waals surface area contributed by atoms with E-state index < -0.39 is 37.0 Å². The maximum atomic E-state index is 12.3. The molecule has 0 bridgehead atoms. The summed E-state index contributed by atoms with van der Waals surface area (Å²) in [4.78, 5) is 28.7. The topological polar surface area (TPSA) is 128 Å². The molecule has 0 atom stereocenters. The van der Waals surface area contributed by atoms with Gasteiger partial charge >= 0.3 is 12.1 Å². The van der Waals surface area contributed by atoms with Gasteiger partial charge in [-0.15, -0.1) is 10.2 Å². The van der Waals surface area contributed by atoms with Crippen LogP contribution in [-0.2, 0) is 28.9 Å². The van der Waals surface area contributed by atoms with Gasteiger partial charge in [0, 0.05) is 0 Å². The van der Waals surface area contributed by atoms with Crippen LogP contribution in [0.4, 0.5) is 19.1 Å². The molecule has 2 N–H and O–H groups in total. The average Bonchev–Trinajstić information content (AvgIpc) is 2.97. The third kappa shape index (κ3) is 4.00. The molecular weight excluding hydrogens is 311 g/mol. The van der Waals surface area contributed by atoms with Gasteiger partial charge in [-0.25, -0.2) is 19.3 Å². The van der Waals surface area contributed by atoms with Gasteiger partial charge in [-0.2, -0.15) is 13.2 Å². The number of alkyl halides is 3. The highest BCUT2D eigenvalue weighted by atomic mass is 19.4. The number of carboxylic acid groups (broad SMARTS) is 1. The zero-order valence-electron chi connectivity index (χ0n) is 10.6. The second kappa shape index (κ2) is 5.79. The molecule has 2 rings (SSSR count). The van der Waals surface area contributed by atoms with Crippen LogP contribution in [0, 0.1) is 0 Å². The smallest absolute Gasteiger partial charge is 0.453 e. The molecule has 0 aliphatic rings. The lowest BCUT2D eigenvalue weighted by Gasteiger charge is -2.01. The first kappa shape index (κ1) is 15.4. The maximum Gasteiger partial charge on any atom is 0.453 e. The zero-order valence-corrected chi connectivity index (χ0v) is 10.6. The number of aliphatic carboxylic acids is 1. The van der Waals surface area contributed by atoms with E-state index in [0.29, 0.717) is 4.68 Å². The molecule has 0 aliphatic carbocycles. The van der Waals surface area contributed by atoms with Crippen LogP contribution < -0.4 is 5.32 Å². The summed E-state index contributed by atoms with van der Waals surface area (Å²) in [5.41, 5.74) is 0. The minimum atomic E-state index is -4.70. The Bertz CT molecular complexity index is 693. The van der Waals surface area contributed by atoms with Gasteiger partial charge < -0.3 is 5.11 Å². The fourth-order valence-electron chi connectivity index (χ4n) is 1.38. The number of carbonyl (C=O) groups is 2. The number of amides is 1. The molecule has 2 aromatic rings. The van der Waals surface area contributed by atoms with Crippen molar-refractivity contribution in [3.8, 4) is 0 Å². The van der Waals surface area contributed by atoms with Crippen LogP contribution in [0.1, 0.15) is 5.82 Å². The first-order valence-corrected chi connectivity index (χ1v) is 5.62. The Labute approximate surface area is 119 Å². The quantitative estimate of drug-likeness (QED) is 0.768. The molecule has 0 spiro atoms. The molecule has 0 radical (unpaired) electrons. The Kier molecular flexibility index (Phi) is 4.05. The Hall–Kier alpha value is -2.99. The molecule has 13 heteroatoms. The van der Waals surface area contributed by atoms with Crippen molar-refractivity contribution < 1.29 is 27.9 Å². The van der Waals surface area contributed by atoms with Crippen molar-refractivity contribution in [2.75, 3.05) is 5.32 Å². The van der Waals surface area contributed by atoms with Crippen LogP contribution in [0.2, 0.25) is 0 Å². The molecule has 10 nitrogen and oxygen atoms in total. The zero-order chi connectivity index (χ0) is 16.3. The van der Waals surface area contributed by atoms with E-state index in [1.54, 1.807) is 0 Å². The highest BCUT2D eigenvalue weighted by Crippen LogP contribution is 2.25. The number of nitrogens with zero attached hydrogens (tertiary/aromatic N) is 6. The van der Waals surface area contributed by atoms with Gasteiger partial charge in [0.15, 0.2) is 0 Å². The highest BCUT2D eigenvalue weighted by Gasteiger charge is 2.35. The van der Waals surface area contributed by atoms with Crippen LogP contribution in [0.5, 0.6) is 0 Å². The van der Waals surface area contributed by atoms with E-state index in [1.165, 1.54) is 0 Å². The lowest BCUT2D eigenvalue weighted by molar-refractivity contribution is -0.145. The fourth-order valence-corrected chi connectivity index (χ4v) is 1.38. The van der Waals surface area contributed by atoms with Crippen molar-refractivity contribution in [3.05, 3.63) is 18.5 Å². The summed E-state index contributed by atoms with van der Waals surface area (Å²) in [6.07, 6.45) is -2.85. The Morgan fingerprint density at radius 2 is 1.77 bits per heavy atom. The van der Waals surface area contributed by atoms with E-state index in [1.807, 2.05) is 0 Å². The second-order valence-corrected chi connectivity index (χ2v) is 3.97. The van der Waals surface area contributed by atoms with E-state index in [-0.39, 0.29) is 5.95 Å². The number of nitrogens with one attached hydrogen (secondary N) is 1. The highest BCUT2D eigenvalue weighted by molar-refractivity contribution is 5.88. The van der Waals surface area contributed by atoms with Gasteiger partial charge in [0.05, 0.1) is 0 Å². The first-order valence-electron chi connectivity index (χ1n) is 5.62. The van der Waals surface area contributed by atoms with Crippen LogP contribution in [0.25, 0.3) is 0 Å². The third-order valence-electron chi connectivity index (χ3n) is 2.18. The standard InChI is InChI=1S/C9H8F3N7O3/c10-9(11,12)7-13-3-18(16-7)1-5(20)15-8-14-4-19(17-8)2-6(21)22/h3-4H,1-2H2,(H,21,22)(H,15,17,20). The maximum absolute atomic E-state index is 12.3. The molecule has 1 amide bonds. The number of anilines is 1. The van der Waals surface area contributed by atoms with E-state index >= 15 is 0 Å². The lowest BCUT2D eigenvalue weighted by atomic mass is 10.6. The van der Waals surface area contributed by atoms with Gasteiger partial charge in [-0.1, -0.05) is 0 Å². The van der Waals surface area contributed by atoms with Crippen LogP contribution in [0.3, 0.4) is 0 Å². The van der Waals surface area contributed by atoms with Crippen LogP contribution >= 0.6 is 0 Å². The summed E-state index contributed by atoms with van der Waals surface area (Å²) in [7, 11) is 0. The van der Waals surface area contributed by atoms with Crippen molar-refractivity contribution >= 4 is 17.8 Å². The minimum absolute atomic E-state index is 0.178. The van der Waals surface area contributed by atoms with Crippen molar-refractivity contribution in [2.24, 2.45) is 0 Å². The monoisotopic (exact) mass is 319 g/mol. The number of carbonyl (C=O) groups excluding carboxylic acids is 1. The predicted octanol–water partition coefficient (Wildman–Crippen LogP) is -0.388. The number of hydrogen-bond donors (Lipinski definition) is 2. The molecular formula is C9H8F3N7O3. The number of halogens is 3. The van der Waals surface area contributed by atoms with Crippen molar-refractivity contribution in [1.29, 1.82) is 0 Å². The van der Waals surface area contributed by atoms with Crippen LogP contribution in [-0.4, -0.2) is 46.5 Å². The first-order chi connectivity index (χ1) is 10.2. The van der Waals surface area contributed by atoms with Gasteiger partial charge in [-0.3, -0.25) is 14.9 Å². The number of rotatable bonds is 5. The molecule has 2 aromatic heterocycles. The second-order valence-electron chi connectivity index (χ2n) is 3.97. The number of carboxylic acids is 1. The molecule has 0 unspecified atom stereocenters. The SMILES string of the molecule is O=C(O)Cn1cnc(NC(=O)Cn2cnc(C(F)(F)F)n2)n1. The van der Waals surface area contributed by atoms with Gasteiger partial charge in [0.25, 0.3) is 5.82 Å². The van der Waals surface area contributed by atoms with Crippen LogP contribution in [0.15, 0.2) is 12.7 Å². The summed E-state index contributed by atoms with van der Waals surface area (Å²) in [5.74, 6) is -3.43. The summed E-state index contributed by atoms with van der Waals surface area (Å²) < 4.78 is 38.5. The molecule has 22 heavy (non-hydrogen) atoms.